The van der Waals surface area contributed by atoms with Gasteiger partial charge in [-0.15, -0.1) is 0 Å². The summed E-state index contributed by atoms with van der Waals surface area (Å²) in [6.45, 7) is 4.43. The van der Waals surface area contributed by atoms with E-state index < -0.39 is 0 Å². The normalized spacial score (nSPS) is 13.4. The summed E-state index contributed by atoms with van der Waals surface area (Å²) in [5.74, 6) is 0.604. The number of fused-ring (bicyclic) bond motifs is 1. The summed E-state index contributed by atoms with van der Waals surface area (Å²) in [5.41, 5.74) is 2.51. The highest BCUT2D eigenvalue weighted by Crippen LogP contribution is 2.18. The second-order valence-electron chi connectivity index (χ2n) is 3.48. The molecule has 0 spiro atoms. The Bertz CT molecular complexity index is 403. The Hall–Kier alpha value is -1.31. The number of hydrogen-bond donors (Lipinski definition) is 0. The number of hydrogen-bond acceptors (Lipinski definition) is 1. The fourth-order valence-electron chi connectivity index (χ4n) is 1.45. The summed E-state index contributed by atoms with van der Waals surface area (Å²) in [7, 11) is 0. The fourth-order valence-corrected chi connectivity index (χ4v) is 1.45. The Labute approximate surface area is 78.2 Å². The van der Waals surface area contributed by atoms with Gasteiger partial charge in [-0.05, 0) is 36.1 Å². The maximum absolute atomic E-state index is 4.33. The van der Waals surface area contributed by atoms with Crippen molar-refractivity contribution in [1.29, 1.82) is 0 Å². The van der Waals surface area contributed by atoms with Gasteiger partial charge in [0.15, 0.2) is 0 Å². The van der Waals surface area contributed by atoms with Gasteiger partial charge in [-0.3, -0.25) is 0 Å². The maximum Gasteiger partial charge on any atom is 0.0649 e. The van der Waals surface area contributed by atoms with Crippen LogP contribution in [0.3, 0.4) is 0 Å². The Balaban J connectivity index is 2.48. The van der Waals surface area contributed by atoms with Crippen LogP contribution in [0.4, 0.5) is 0 Å². The molecule has 2 rings (SSSR count). The highest BCUT2D eigenvalue weighted by Gasteiger charge is 2.03. The molecule has 2 nitrogen and oxygen atoms in total. The summed E-state index contributed by atoms with van der Waals surface area (Å²) in [6, 6.07) is 6.31. The SMILES string of the molecule is CCC(C)c1cnn2cccc2c1. The minimum atomic E-state index is 0.604. The molecule has 0 aliphatic rings. The lowest BCUT2D eigenvalue weighted by Gasteiger charge is -2.07. The number of rotatable bonds is 2. The summed E-state index contributed by atoms with van der Waals surface area (Å²) in [6.07, 6.45) is 5.09. The molecular weight excluding hydrogens is 160 g/mol. The van der Waals surface area contributed by atoms with Gasteiger partial charge in [-0.2, -0.15) is 5.10 Å². The van der Waals surface area contributed by atoms with Gasteiger partial charge in [0.2, 0.25) is 0 Å². The van der Waals surface area contributed by atoms with E-state index in [1.807, 2.05) is 23.0 Å². The van der Waals surface area contributed by atoms with E-state index in [4.69, 9.17) is 0 Å². The van der Waals surface area contributed by atoms with E-state index in [1.54, 1.807) is 0 Å². The first kappa shape index (κ1) is 8.30. The minimum absolute atomic E-state index is 0.604. The van der Waals surface area contributed by atoms with Gasteiger partial charge in [-0.25, -0.2) is 4.52 Å². The van der Waals surface area contributed by atoms with E-state index in [9.17, 15) is 0 Å². The fraction of sp³-hybridized carbons (Fsp3) is 0.364. The second-order valence-corrected chi connectivity index (χ2v) is 3.48. The molecule has 0 aliphatic heterocycles. The molecule has 2 aromatic rings. The quantitative estimate of drug-likeness (QED) is 0.684. The van der Waals surface area contributed by atoms with Crippen LogP contribution >= 0.6 is 0 Å². The van der Waals surface area contributed by atoms with Crippen molar-refractivity contribution in [1.82, 2.24) is 9.61 Å². The lowest BCUT2D eigenvalue weighted by Crippen LogP contribution is -1.96. The molecular formula is C11H14N2. The average Bonchev–Trinajstić information content (AvgIpc) is 2.63. The summed E-state index contributed by atoms with van der Waals surface area (Å²) >= 11 is 0. The van der Waals surface area contributed by atoms with Crippen LogP contribution in [0.1, 0.15) is 31.7 Å². The van der Waals surface area contributed by atoms with E-state index in [0.717, 1.165) is 0 Å². The number of aromatic nitrogens is 2. The molecule has 0 radical (unpaired) electrons. The Morgan fingerprint density at radius 3 is 3.15 bits per heavy atom. The molecule has 0 bridgehead atoms. The molecule has 0 fully saturated rings. The molecule has 1 unspecified atom stereocenters. The van der Waals surface area contributed by atoms with Crippen molar-refractivity contribution >= 4 is 5.52 Å². The van der Waals surface area contributed by atoms with Crippen LogP contribution in [0.15, 0.2) is 30.6 Å². The highest BCUT2D eigenvalue weighted by atomic mass is 15.2. The zero-order valence-electron chi connectivity index (χ0n) is 8.07. The molecule has 0 aliphatic carbocycles. The van der Waals surface area contributed by atoms with Crippen LogP contribution in [-0.2, 0) is 0 Å². The van der Waals surface area contributed by atoms with Crippen LogP contribution in [0.2, 0.25) is 0 Å². The maximum atomic E-state index is 4.33. The third kappa shape index (κ3) is 1.44. The van der Waals surface area contributed by atoms with Crippen LogP contribution in [-0.4, -0.2) is 9.61 Å². The first-order valence-corrected chi connectivity index (χ1v) is 4.74. The van der Waals surface area contributed by atoms with Crippen molar-refractivity contribution in [2.75, 3.05) is 0 Å². The van der Waals surface area contributed by atoms with Crippen LogP contribution in [0, 0.1) is 0 Å². The smallest absolute Gasteiger partial charge is 0.0649 e. The third-order valence-corrected chi connectivity index (χ3v) is 2.59. The zero-order valence-corrected chi connectivity index (χ0v) is 8.07. The summed E-state index contributed by atoms with van der Waals surface area (Å²) < 4.78 is 1.89. The minimum Gasteiger partial charge on any atom is -0.241 e. The topological polar surface area (TPSA) is 17.3 Å². The van der Waals surface area contributed by atoms with E-state index in [0.29, 0.717) is 5.92 Å². The van der Waals surface area contributed by atoms with Crippen molar-refractivity contribution in [2.45, 2.75) is 26.2 Å². The molecule has 0 aromatic carbocycles. The Morgan fingerprint density at radius 1 is 1.54 bits per heavy atom. The monoisotopic (exact) mass is 174 g/mol. The van der Waals surface area contributed by atoms with E-state index in [-0.39, 0.29) is 0 Å². The van der Waals surface area contributed by atoms with Gasteiger partial charge in [0.1, 0.15) is 0 Å². The van der Waals surface area contributed by atoms with Crippen molar-refractivity contribution < 1.29 is 0 Å². The zero-order chi connectivity index (χ0) is 9.26. The van der Waals surface area contributed by atoms with Crippen LogP contribution in [0.5, 0.6) is 0 Å². The molecule has 13 heavy (non-hydrogen) atoms. The van der Waals surface area contributed by atoms with E-state index in [2.05, 4.69) is 31.1 Å². The molecule has 2 heterocycles. The average molecular weight is 174 g/mol. The molecule has 2 aromatic heterocycles. The summed E-state index contributed by atoms with van der Waals surface area (Å²) in [5, 5.41) is 4.33. The van der Waals surface area contributed by atoms with Crippen LogP contribution in [0.25, 0.3) is 5.52 Å². The third-order valence-electron chi connectivity index (χ3n) is 2.59. The van der Waals surface area contributed by atoms with Gasteiger partial charge in [0, 0.05) is 6.20 Å². The lowest BCUT2D eigenvalue weighted by atomic mass is 10.0. The van der Waals surface area contributed by atoms with E-state index >= 15 is 0 Å². The lowest BCUT2D eigenvalue weighted by molar-refractivity contribution is 0.723. The largest absolute Gasteiger partial charge is 0.241 e. The van der Waals surface area contributed by atoms with Gasteiger partial charge < -0.3 is 0 Å². The molecule has 2 heteroatoms. The van der Waals surface area contributed by atoms with Crippen molar-refractivity contribution in [3.8, 4) is 0 Å². The predicted octanol–water partition coefficient (Wildman–Crippen LogP) is 2.85. The number of nitrogens with zero attached hydrogens (tertiary/aromatic N) is 2. The van der Waals surface area contributed by atoms with Crippen molar-refractivity contribution in [3.05, 3.63) is 36.2 Å². The van der Waals surface area contributed by atoms with Crippen molar-refractivity contribution in [3.63, 3.8) is 0 Å². The van der Waals surface area contributed by atoms with Crippen molar-refractivity contribution in [2.24, 2.45) is 0 Å². The van der Waals surface area contributed by atoms with Gasteiger partial charge in [0.25, 0.3) is 0 Å². The predicted molar refractivity (Wildman–Crippen MR) is 53.9 cm³/mol. The molecule has 0 amide bonds. The van der Waals surface area contributed by atoms with Crippen LogP contribution < -0.4 is 0 Å². The molecule has 1 atom stereocenters. The second kappa shape index (κ2) is 3.21. The Morgan fingerprint density at radius 2 is 2.38 bits per heavy atom. The van der Waals surface area contributed by atoms with E-state index in [1.165, 1.54) is 17.5 Å². The van der Waals surface area contributed by atoms with Gasteiger partial charge >= 0.3 is 0 Å². The van der Waals surface area contributed by atoms with Gasteiger partial charge in [0.05, 0.1) is 11.7 Å². The summed E-state index contributed by atoms with van der Waals surface area (Å²) in [4.78, 5) is 0. The molecule has 68 valence electrons. The first-order chi connectivity index (χ1) is 6.31. The standard InChI is InChI=1S/C11H14N2/c1-3-9(2)10-7-11-5-4-6-13(11)12-8-10/h4-9H,3H2,1-2H3. The van der Waals surface area contributed by atoms with Gasteiger partial charge in [-0.1, -0.05) is 13.8 Å². The first-order valence-electron chi connectivity index (χ1n) is 4.74. The molecule has 0 saturated carbocycles. The molecule has 0 saturated heterocycles. The molecule has 0 N–H and O–H groups in total. The highest BCUT2D eigenvalue weighted by molar-refractivity contribution is 5.48. The Kier molecular flexibility index (Phi) is 2.05.